The Kier molecular flexibility index (Phi) is 5.98. The highest BCUT2D eigenvalue weighted by atomic mass is 79.9. The second-order valence-electron chi connectivity index (χ2n) is 5.45. The number of carbonyl (C=O) groups excluding carboxylic acids is 2. The number of ether oxygens (including phenoxy) is 1. The number of hydrazine groups is 1. The Morgan fingerprint density at radius 1 is 1.08 bits per heavy atom. The Morgan fingerprint density at radius 3 is 2.50 bits per heavy atom. The van der Waals surface area contributed by atoms with Gasteiger partial charge in [-0.1, -0.05) is 24.3 Å². The number of rotatable bonds is 4. The third-order valence-electron chi connectivity index (χ3n) is 3.43. The lowest BCUT2D eigenvalue weighted by atomic mass is 10.1. The first-order valence-corrected chi connectivity index (χ1v) is 8.26. The summed E-state index contributed by atoms with van der Waals surface area (Å²) in [6.45, 7) is 5.49. The summed E-state index contributed by atoms with van der Waals surface area (Å²) in [6.07, 6.45) is -0.745. The minimum atomic E-state index is -0.745. The van der Waals surface area contributed by atoms with Gasteiger partial charge in [-0.05, 0) is 66.0 Å². The van der Waals surface area contributed by atoms with E-state index in [9.17, 15) is 9.59 Å². The summed E-state index contributed by atoms with van der Waals surface area (Å²) in [6, 6.07) is 12.7. The summed E-state index contributed by atoms with van der Waals surface area (Å²) < 4.78 is 6.33. The van der Waals surface area contributed by atoms with Gasteiger partial charge in [-0.2, -0.15) is 0 Å². The zero-order chi connectivity index (χ0) is 17.7. The van der Waals surface area contributed by atoms with Crippen LogP contribution in [0.3, 0.4) is 0 Å². The lowest BCUT2D eigenvalue weighted by molar-refractivity contribution is -0.128. The van der Waals surface area contributed by atoms with Crippen molar-refractivity contribution in [3.63, 3.8) is 0 Å². The van der Waals surface area contributed by atoms with Crippen molar-refractivity contribution in [1.82, 2.24) is 10.9 Å². The van der Waals surface area contributed by atoms with E-state index >= 15 is 0 Å². The Labute approximate surface area is 149 Å². The van der Waals surface area contributed by atoms with E-state index in [4.69, 9.17) is 4.74 Å². The molecule has 2 N–H and O–H groups in total. The van der Waals surface area contributed by atoms with Crippen LogP contribution in [0, 0.1) is 13.8 Å². The van der Waals surface area contributed by atoms with E-state index < -0.39 is 17.9 Å². The molecule has 0 aliphatic heterocycles. The van der Waals surface area contributed by atoms with E-state index in [2.05, 4.69) is 26.8 Å². The fourth-order valence-corrected chi connectivity index (χ4v) is 2.48. The van der Waals surface area contributed by atoms with Gasteiger partial charge in [-0.3, -0.25) is 20.4 Å². The van der Waals surface area contributed by atoms with Crippen molar-refractivity contribution < 1.29 is 14.3 Å². The summed E-state index contributed by atoms with van der Waals surface area (Å²) in [7, 11) is 0. The summed E-state index contributed by atoms with van der Waals surface area (Å²) in [5.41, 5.74) is 7.18. The first-order chi connectivity index (χ1) is 11.4. The van der Waals surface area contributed by atoms with Gasteiger partial charge < -0.3 is 4.74 Å². The molecule has 1 atom stereocenters. The second-order valence-corrected chi connectivity index (χ2v) is 6.31. The third kappa shape index (κ3) is 4.58. The third-order valence-corrected chi connectivity index (χ3v) is 4.13. The number of halogens is 1. The average molecular weight is 391 g/mol. The normalized spacial score (nSPS) is 11.5. The van der Waals surface area contributed by atoms with Crippen LogP contribution in [0.1, 0.15) is 28.4 Å². The molecule has 0 fully saturated rings. The molecule has 2 rings (SSSR count). The van der Waals surface area contributed by atoms with Crippen LogP contribution in [0.2, 0.25) is 0 Å². The van der Waals surface area contributed by atoms with Crippen molar-refractivity contribution in [2.24, 2.45) is 0 Å². The molecule has 0 heterocycles. The van der Waals surface area contributed by atoms with Crippen molar-refractivity contribution in [3.8, 4) is 5.75 Å². The number of benzene rings is 2. The van der Waals surface area contributed by atoms with Gasteiger partial charge in [0.2, 0.25) is 0 Å². The van der Waals surface area contributed by atoms with E-state index in [1.165, 1.54) is 0 Å². The van der Waals surface area contributed by atoms with Crippen LogP contribution in [0.4, 0.5) is 0 Å². The quantitative estimate of drug-likeness (QED) is 0.786. The van der Waals surface area contributed by atoms with E-state index in [1.807, 2.05) is 32.0 Å². The van der Waals surface area contributed by atoms with Crippen molar-refractivity contribution in [3.05, 3.63) is 63.6 Å². The summed E-state index contributed by atoms with van der Waals surface area (Å²) in [5.74, 6) is -0.194. The minimum Gasteiger partial charge on any atom is -0.481 e. The number of nitrogens with one attached hydrogen (secondary N) is 2. The maximum Gasteiger partial charge on any atom is 0.279 e. The highest BCUT2D eigenvalue weighted by Gasteiger charge is 2.17. The predicted octanol–water partition coefficient (Wildman–Crippen LogP) is 3.29. The lowest BCUT2D eigenvalue weighted by Crippen LogP contribution is -2.47. The zero-order valence-corrected chi connectivity index (χ0v) is 15.3. The minimum absolute atomic E-state index is 0.408. The number of hydrogen-bond donors (Lipinski definition) is 2. The number of amides is 2. The van der Waals surface area contributed by atoms with Crippen molar-refractivity contribution in [1.29, 1.82) is 0 Å². The van der Waals surface area contributed by atoms with Crippen LogP contribution in [-0.2, 0) is 4.79 Å². The van der Waals surface area contributed by atoms with Gasteiger partial charge in [0.1, 0.15) is 5.75 Å². The van der Waals surface area contributed by atoms with E-state index in [1.54, 1.807) is 31.2 Å². The van der Waals surface area contributed by atoms with Gasteiger partial charge in [-0.15, -0.1) is 0 Å². The molecule has 0 saturated carbocycles. The number of hydrogen-bond acceptors (Lipinski definition) is 3. The SMILES string of the molecule is Cc1ccc(C)c(OC(C)C(=O)NNC(=O)c2ccccc2Br)c1. The van der Waals surface area contributed by atoms with Gasteiger partial charge in [0.05, 0.1) is 5.56 Å². The topological polar surface area (TPSA) is 67.4 Å². The molecule has 0 aliphatic carbocycles. The number of carbonyl (C=O) groups is 2. The van der Waals surface area contributed by atoms with Crippen molar-refractivity contribution >= 4 is 27.7 Å². The van der Waals surface area contributed by atoms with Crippen LogP contribution >= 0.6 is 15.9 Å². The van der Waals surface area contributed by atoms with Gasteiger partial charge in [0.25, 0.3) is 11.8 Å². The molecule has 0 bridgehead atoms. The molecule has 2 aromatic rings. The molecular weight excluding hydrogens is 372 g/mol. The summed E-state index contributed by atoms with van der Waals surface area (Å²) >= 11 is 3.29. The highest BCUT2D eigenvalue weighted by molar-refractivity contribution is 9.10. The first kappa shape index (κ1) is 18.0. The molecule has 1 unspecified atom stereocenters. The fourth-order valence-electron chi connectivity index (χ4n) is 2.01. The monoisotopic (exact) mass is 390 g/mol. The van der Waals surface area contributed by atoms with E-state index in [0.717, 1.165) is 11.1 Å². The lowest BCUT2D eigenvalue weighted by Gasteiger charge is -2.17. The second kappa shape index (κ2) is 7.97. The molecule has 0 aliphatic rings. The van der Waals surface area contributed by atoms with Crippen LogP contribution in [-0.4, -0.2) is 17.9 Å². The molecule has 0 radical (unpaired) electrons. The van der Waals surface area contributed by atoms with Crippen LogP contribution < -0.4 is 15.6 Å². The molecule has 5 nitrogen and oxygen atoms in total. The van der Waals surface area contributed by atoms with Gasteiger partial charge in [0.15, 0.2) is 6.10 Å². The largest absolute Gasteiger partial charge is 0.481 e. The standard InChI is InChI=1S/C18H19BrN2O3/c1-11-8-9-12(2)16(10-11)24-13(3)17(22)20-21-18(23)14-6-4-5-7-15(14)19/h4-10,13H,1-3H3,(H,20,22)(H,21,23). The molecule has 0 spiro atoms. The average Bonchev–Trinajstić information content (AvgIpc) is 2.56. The molecule has 0 aromatic heterocycles. The molecule has 126 valence electrons. The summed E-state index contributed by atoms with van der Waals surface area (Å²) in [5, 5.41) is 0. The molecule has 0 saturated heterocycles. The van der Waals surface area contributed by atoms with Crippen LogP contribution in [0.5, 0.6) is 5.75 Å². The molecular formula is C18H19BrN2O3. The van der Waals surface area contributed by atoms with E-state index in [0.29, 0.717) is 15.8 Å². The molecule has 24 heavy (non-hydrogen) atoms. The number of aryl methyl sites for hydroxylation is 2. The Balaban J connectivity index is 1.93. The molecule has 2 aromatic carbocycles. The van der Waals surface area contributed by atoms with Crippen LogP contribution in [0.15, 0.2) is 46.9 Å². The van der Waals surface area contributed by atoms with Crippen molar-refractivity contribution in [2.75, 3.05) is 0 Å². The van der Waals surface area contributed by atoms with Gasteiger partial charge in [0, 0.05) is 4.47 Å². The van der Waals surface area contributed by atoms with Gasteiger partial charge in [-0.25, -0.2) is 0 Å². The fraction of sp³-hybridized carbons (Fsp3) is 0.222. The maximum absolute atomic E-state index is 12.1. The van der Waals surface area contributed by atoms with Gasteiger partial charge >= 0.3 is 0 Å². The smallest absolute Gasteiger partial charge is 0.279 e. The predicted molar refractivity (Wildman–Crippen MR) is 95.8 cm³/mol. The first-order valence-electron chi connectivity index (χ1n) is 7.47. The highest BCUT2D eigenvalue weighted by Crippen LogP contribution is 2.20. The molecule has 2 amide bonds. The zero-order valence-electron chi connectivity index (χ0n) is 13.7. The van der Waals surface area contributed by atoms with E-state index in [-0.39, 0.29) is 0 Å². The van der Waals surface area contributed by atoms with Crippen molar-refractivity contribution in [2.45, 2.75) is 26.9 Å². The molecule has 6 heteroatoms. The Hall–Kier alpha value is -2.34. The Bertz CT molecular complexity index is 762. The maximum atomic E-state index is 12.1. The summed E-state index contributed by atoms with van der Waals surface area (Å²) in [4.78, 5) is 24.2. The Morgan fingerprint density at radius 2 is 1.79 bits per heavy atom. The van der Waals surface area contributed by atoms with Crippen LogP contribution in [0.25, 0.3) is 0 Å².